The zero-order valence-electron chi connectivity index (χ0n) is 10.5. The van der Waals surface area contributed by atoms with Crippen LogP contribution in [0.1, 0.15) is 39.5 Å². The standard InChI is InChI=1S/C12H24N2O2/c1-3-14(4-2)12(15)13-9-8-11-7-5-6-10-16-11/h11H,3-10H2,1-2H3,(H,13,15). The molecule has 0 saturated carbocycles. The van der Waals surface area contributed by atoms with Crippen molar-refractivity contribution in [1.29, 1.82) is 0 Å². The molecular weight excluding hydrogens is 204 g/mol. The highest BCUT2D eigenvalue weighted by atomic mass is 16.5. The lowest BCUT2D eigenvalue weighted by Gasteiger charge is -2.24. The van der Waals surface area contributed by atoms with Crippen LogP contribution in [0.2, 0.25) is 0 Å². The molecule has 0 aromatic carbocycles. The number of amides is 2. The van der Waals surface area contributed by atoms with E-state index in [1.807, 2.05) is 13.8 Å². The number of ether oxygens (including phenoxy) is 1. The maximum Gasteiger partial charge on any atom is 0.317 e. The summed E-state index contributed by atoms with van der Waals surface area (Å²) < 4.78 is 5.61. The van der Waals surface area contributed by atoms with E-state index in [0.29, 0.717) is 6.10 Å². The van der Waals surface area contributed by atoms with Crippen molar-refractivity contribution in [2.24, 2.45) is 0 Å². The summed E-state index contributed by atoms with van der Waals surface area (Å²) in [6, 6.07) is 0.0424. The van der Waals surface area contributed by atoms with Crippen LogP contribution in [0.15, 0.2) is 0 Å². The van der Waals surface area contributed by atoms with Gasteiger partial charge in [-0.15, -0.1) is 0 Å². The molecule has 0 spiro atoms. The molecule has 2 amide bonds. The van der Waals surface area contributed by atoms with Crippen molar-refractivity contribution in [3.8, 4) is 0 Å². The van der Waals surface area contributed by atoms with Crippen LogP contribution >= 0.6 is 0 Å². The van der Waals surface area contributed by atoms with Crippen LogP contribution in [0.5, 0.6) is 0 Å². The van der Waals surface area contributed by atoms with Gasteiger partial charge in [0, 0.05) is 26.2 Å². The van der Waals surface area contributed by atoms with Gasteiger partial charge in [0.15, 0.2) is 0 Å². The predicted octanol–water partition coefficient (Wildman–Crippen LogP) is 2.00. The van der Waals surface area contributed by atoms with Crippen LogP contribution in [-0.2, 0) is 4.74 Å². The minimum absolute atomic E-state index is 0.0424. The van der Waals surface area contributed by atoms with E-state index >= 15 is 0 Å². The first-order valence-corrected chi connectivity index (χ1v) is 6.42. The second kappa shape index (κ2) is 7.49. The third-order valence-electron chi connectivity index (χ3n) is 3.07. The van der Waals surface area contributed by atoms with E-state index in [9.17, 15) is 4.79 Å². The quantitative estimate of drug-likeness (QED) is 0.782. The number of urea groups is 1. The second-order valence-electron chi connectivity index (χ2n) is 4.18. The molecule has 1 N–H and O–H groups in total. The molecule has 1 heterocycles. The van der Waals surface area contributed by atoms with Gasteiger partial charge in [0.2, 0.25) is 0 Å². The summed E-state index contributed by atoms with van der Waals surface area (Å²) in [6.45, 7) is 7.12. The Morgan fingerprint density at radius 2 is 2.12 bits per heavy atom. The molecule has 4 nitrogen and oxygen atoms in total. The summed E-state index contributed by atoms with van der Waals surface area (Å²) in [5.41, 5.74) is 0. The van der Waals surface area contributed by atoms with Gasteiger partial charge in [-0.2, -0.15) is 0 Å². The van der Waals surface area contributed by atoms with Crippen LogP contribution in [0.4, 0.5) is 4.79 Å². The molecule has 0 radical (unpaired) electrons. The Morgan fingerprint density at radius 3 is 2.69 bits per heavy atom. The summed E-state index contributed by atoms with van der Waals surface area (Å²) in [4.78, 5) is 13.4. The normalized spacial score (nSPS) is 20.5. The van der Waals surface area contributed by atoms with Gasteiger partial charge in [0.05, 0.1) is 6.10 Å². The van der Waals surface area contributed by atoms with Crippen molar-refractivity contribution in [2.45, 2.75) is 45.6 Å². The monoisotopic (exact) mass is 228 g/mol. The molecule has 4 heteroatoms. The van der Waals surface area contributed by atoms with Crippen LogP contribution < -0.4 is 5.32 Å². The second-order valence-corrected chi connectivity index (χ2v) is 4.18. The van der Waals surface area contributed by atoms with Crippen LogP contribution in [-0.4, -0.2) is 43.3 Å². The lowest BCUT2D eigenvalue weighted by atomic mass is 10.1. The van der Waals surface area contributed by atoms with E-state index in [1.54, 1.807) is 4.90 Å². The molecule has 1 atom stereocenters. The predicted molar refractivity (Wildman–Crippen MR) is 64.5 cm³/mol. The topological polar surface area (TPSA) is 41.6 Å². The molecule has 1 unspecified atom stereocenters. The van der Waals surface area contributed by atoms with Crippen LogP contribution in [0, 0.1) is 0 Å². The van der Waals surface area contributed by atoms with Crippen LogP contribution in [0.3, 0.4) is 0 Å². The maximum absolute atomic E-state index is 11.6. The van der Waals surface area contributed by atoms with Gasteiger partial charge in [-0.3, -0.25) is 0 Å². The number of hydrogen-bond donors (Lipinski definition) is 1. The summed E-state index contributed by atoms with van der Waals surface area (Å²) in [7, 11) is 0. The van der Waals surface area contributed by atoms with E-state index in [4.69, 9.17) is 4.74 Å². The molecule has 0 bridgehead atoms. The minimum atomic E-state index is 0.0424. The van der Waals surface area contributed by atoms with Gasteiger partial charge < -0.3 is 15.0 Å². The van der Waals surface area contributed by atoms with E-state index in [2.05, 4.69) is 5.32 Å². The Balaban J connectivity index is 2.11. The smallest absolute Gasteiger partial charge is 0.317 e. The number of carbonyl (C=O) groups excluding carboxylic acids is 1. The van der Waals surface area contributed by atoms with Gasteiger partial charge in [-0.1, -0.05) is 0 Å². The van der Waals surface area contributed by atoms with Gasteiger partial charge in [0.25, 0.3) is 0 Å². The highest BCUT2D eigenvalue weighted by Crippen LogP contribution is 2.14. The molecule has 1 fully saturated rings. The number of nitrogens with one attached hydrogen (secondary N) is 1. The van der Waals surface area contributed by atoms with Crippen molar-refractivity contribution in [1.82, 2.24) is 10.2 Å². The first-order chi connectivity index (χ1) is 7.77. The molecule has 0 aromatic heterocycles. The third-order valence-corrected chi connectivity index (χ3v) is 3.07. The summed E-state index contributed by atoms with van der Waals surface area (Å²) in [6.07, 6.45) is 4.87. The largest absolute Gasteiger partial charge is 0.378 e. The van der Waals surface area contributed by atoms with Crippen molar-refractivity contribution in [2.75, 3.05) is 26.2 Å². The summed E-state index contributed by atoms with van der Waals surface area (Å²) in [5.74, 6) is 0. The Labute approximate surface area is 98.3 Å². The highest BCUT2D eigenvalue weighted by molar-refractivity contribution is 5.73. The minimum Gasteiger partial charge on any atom is -0.378 e. The number of rotatable bonds is 5. The Kier molecular flexibility index (Phi) is 6.23. The van der Waals surface area contributed by atoms with E-state index < -0.39 is 0 Å². The zero-order valence-corrected chi connectivity index (χ0v) is 10.5. The summed E-state index contributed by atoms with van der Waals surface area (Å²) in [5, 5.41) is 2.94. The fourth-order valence-electron chi connectivity index (χ4n) is 2.00. The SMILES string of the molecule is CCN(CC)C(=O)NCCC1CCCCO1. The Hall–Kier alpha value is -0.770. The van der Waals surface area contributed by atoms with Crippen molar-refractivity contribution in [3.63, 3.8) is 0 Å². The average Bonchev–Trinajstić information content (AvgIpc) is 2.32. The molecule has 16 heavy (non-hydrogen) atoms. The molecule has 1 aliphatic rings. The van der Waals surface area contributed by atoms with Crippen molar-refractivity contribution >= 4 is 6.03 Å². The lowest BCUT2D eigenvalue weighted by Crippen LogP contribution is -2.40. The van der Waals surface area contributed by atoms with E-state index in [-0.39, 0.29) is 6.03 Å². The molecular formula is C12H24N2O2. The van der Waals surface area contributed by atoms with Gasteiger partial charge in [0.1, 0.15) is 0 Å². The molecule has 1 rings (SSSR count). The number of hydrogen-bond acceptors (Lipinski definition) is 2. The summed E-state index contributed by atoms with van der Waals surface area (Å²) >= 11 is 0. The fraction of sp³-hybridized carbons (Fsp3) is 0.917. The Bertz CT molecular complexity index is 199. The molecule has 1 aliphatic heterocycles. The molecule has 1 saturated heterocycles. The zero-order chi connectivity index (χ0) is 11.8. The molecule has 0 aromatic rings. The fourth-order valence-corrected chi connectivity index (χ4v) is 2.00. The number of carbonyl (C=O) groups is 1. The van der Waals surface area contributed by atoms with Gasteiger partial charge in [-0.25, -0.2) is 4.79 Å². The van der Waals surface area contributed by atoms with Crippen molar-refractivity contribution in [3.05, 3.63) is 0 Å². The first kappa shape index (κ1) is 13.3. The van der Waals surface area contributed by atoms with Gasteiger partial charge in [-0.05, 0) is 39.5 Å². The highest BCUT2D eigenvalue weighted by Gasteiger charge is 2.14. The van der Waals surface area contributed by atoms with Crippen LogP contribution in [0.25, 0.3) is 0 Å². The van der Waals surface area contributed by atoms with Gasteiger partial charge >= 0.3 is 6.03 Å². The molecule has 94 valence electrons. The molecule has 0 aliphatic carbocycles. The Morgan fingerprint density at radius 1 is 1.38 bits per heavy atom. The van der Waals surface area contributed by atoms with Crippen molar-refractivity contribution < 1.29 is 9.53 Å². The maximum atomic E-state index is 11.6. The number of nitrogens with zero attached hydrogens (tertiary/aromatic N) is 1. The van der Waals surface area contributed by atoms with E-state index in [1.165, 1.54) is 12.8 Å². The lowest BCUT2D eigenvalue weighted by molar-refractivity contribution is 0.0118. The van der Waals surface area contributed by atoms with E-state index in [0.717, 1.165) is 39.1 Å². The first-order valence-electron chi connectivity index (χ1n) is 6.42. The average molecular weight is 228 g/mol. The third kappa shape index (κ3) is 4.39.